The van der Waals surface area contributed by atoms with Crippen LogP contribution in [0.2, 0.25) is 0 Å². The Morgan fingerprint density at radius 2 is 1.86 bits per heavy atom. The van der Waals surface area contributed by atoms with E-state index in [0.29, 0.717) is 30.8 Å². The van der Waals surface area contributed by atoms with Crippen LogP contribution in [0.1, 0.15) is 69.4 Å². The van der Waals surface area contributed by atoms with E-state index < -0.39 is 0 Å². The van der Waals surface area contributed by atoms with E-state index in [1.165, 1.54) is 11.8 Å². The number of hydrogen-bond acceptors (Lipinski definition) is 5. The summed E-state index contributed by atoms with van der Waals surface area (Å²) in [6.45, 7) is 12.3. The lowest BCUT2D eigenvalue weighted by atomic mass is 10.1. The maximum Gasteiger partial charge on any atom is 0.273 e. The van der Waals surface area contributed by atoms with E-state index in [-0.39, 0.29) is 11.9 Å². The van der Waals surface area contributed by atoms with E-state index in [0.717, 1.165) is 25.1 Å². The lowest BCUT2D eigenvalue weighted by molar-refractivity contribution is 0.0934. The molecule has 1 amide bonds. The molecular formula is C22H33N3O3. The van der Waals surface area contributed by atoms with Crippen LogP contribution in [0.25, 0.3) is 0 Å². The van der Waals surface area contributed by atoms with Gasteiger partial charge in [0.05, 0.1) is 13.2 Å². The van der Waals surface area contributed by atoms with Gasteiger partial charge in [0.15, 0.2) is 5.69 Å². The first-order chi connectivity index (χ1) is 13.5. The van der Waals surface area contributed by atoms with Gasteiger partial charge < -0.3 is 14.5 Å². The van der Waals surface area contributed by atoms with Crippen molar-refractivity contribution in [3.63, 3.8) is 0 Å². The van der Waals surface area contributed by atoms with E-state index in [2.05, 4.69) is 41.2 Å². The SMILES string of the molecule is CCOc1ccc(CN(Cc2nc(C(=O)NC(C)CC)co2)C(C)CC)cc1. The van der Waals surface area contributed by atoms with Gasteiger partial charge in [-0.15, -0.1) is 0 Å². The molecule has 6 heteroatoms. The highest BCUT2D eigenvalue weighted by Gasteiger charge is 2.19. The molecule has 0 spiro atoms. The van der Waals surface area contributed by atoms with Crippen molar-refractivity contribution in [2.24, 2.45) is 0 Å². The Balaban J connectivity index is 2.05. The number of hydrogen-bond donors (Lipinski definition) is 1. The van der Waals surface area contributed by atoms with Gasteiger partial charge in [-0.1, -0.05) is 26.0 Å². The number of carbonyl (C=O) groups excluding carboxylic acids is 1. The monoisotopic (exact) mass is 387 g/mol. The molecule has 0 aliphatic heterocycles. The van der Waals surface area contributed by atoms with E-state index in [9.17, 15) is 4.79 Å². The summed E-state index contributed by atoms with van der Waals surface area (Å²) in [5, 5.41) is 2.91. The zero-order valence-electron chi connectivity index (χ0n) is 17.7. The number of rotatable bonds is 11. The quantitative estimate of drug-likeness (QED) is 0.619. The fraction of sp³-hybridized carbons (Fsp3) is 0.545. The largest absolute Gasteiger partial charge is 0.494 e. The summed E-state index contributed by atoms with van der Waals surface area (Å²) in [6.07, 6.45) is 3.33. The van der Waals surface area contributed by atoms with Gasteiger partial charge in [-0.2, -0.15) is 0 Å². The van der Waals surface area contributed by atoms with Crippen LogP contribution in [0.3, 0.4) is 0 Å². The van der Waals surface area contributed by atoms with Crippen molar-refractivity contribution in [2.75, 3.05) is 6.61 Å². The topological polar surface area (TPSA) is 67.6 Å². The van der Waals surface area contributed by atoms with Crippen LogP contribution in [0.5, 0.6) is 5.75 Å². The fourth-order valence-corrected chi connectivity index (χ4v) is 2.78. The van der Waals surface area contributed by atoms with Crippen LogP contribution < -0.4 is 10.1 Å². The molecule has 2 atom stereocenters. The van der Waals surface area contributed by atoms with Crippen molar-refractivity contribution in [1.82, 2.24) is 15.2 Å². The van der Waals surface area contributed by atoms with Crippen molar-refractivity contribution >= 4 is 5.91 Å². The summed E-state index contributed by atoms with van der Waals surface area (Å²) in [5.74, 6) is 1.25. The van der Waals surface area contributed by atoms with Crippen LogP contribution in [0, 0.1) is 0 Å². The highest BCUT2D eigenvalue weighted by molar-refractivity contribution is 5.92. The molecule has 1 N–H and O–H groups in total. The average molecular weight is 388 g/mol. The summed E-state index contributed by atoms with van der Waals surface area (Å²) in [4.78, 5) is 18.9. The highest BCUT2D eigenvalue weighted by Crippen LogP contribution is 2.18. The minimum atomic E-state index is -0.189. The van der Waals surface area contributed by atoms with Gasteiger partial charge in [0.1, 0.15) is 12.0 Å². The first kappa shape index (κ1) is 22.0. The molecule has 2 unspecified atom stereocenters. The Labute approximate surface area is 168 Å². The maximum absolute atomic E-state index is 12.2. The van der Waals surface area contributed by atoms with Crippen LogP contribution in [-0.2, 0) is 13.1 Å². The van der Waals surface area contributed by atoms with Crippen molar-refractivity contribution in [2.45, 2.75) is 72.6 Å². The summed E-state index contributed by atoms with van der Waals surface area (Å²) >= 11 is 0. The molecule has 1 aromatic carbocycles. The second-order valence-corrected chi connectivity index (χ2v) is 7.15. The second kappa shape index (κ2) is 10.9. The Bertz CT molecular complexity index is 727. The summed E-state index contributed by atoms with van der Waals surface area (Å²) in [5.41, 5.74) is 1.53. The third kappa shape index (κ3) is 6.37. The number of nitrogens with one attached hydrogen (secondary N) is 1. The van der Waals surface area contributed by atoms with Crippen LogP contribution in [0.15, 0.2) is 34.9 Å². The lowest BCUT2D eigenvalue weighted by Crippen LogP contribution is -2.33. The molecular weight excluding hydrogens is 354 g/mol. The maximum atomic E-state index is 12.2. The molecule has 1 heterocycles. The third-order valence-corrected chi connectivity index (χ3v) is 4.95. The van der Waals surface area contributed by atoms with E-state index in [1.54, 1.807) is 0 Å². The van der Waals surface area contributed by atoms with Gasteiger partial charge in [0.2, 0.25) is 5.89 Å². The van der Waals surface area contributed by atoms with Crippen molar-refractivity contribution in [1.29, 1.82) is 0 Å². The molecule has 6 nitrogen and oxygen atoms in total. The second-order valence-electron chi connectivity index (χ2n) is 7.15. The van der Waals surface area contributed by atoms with Gasteiger partial charge in [0.25, 0.3) is 5.91 Å². The Morgan fingerprint density at radius 3 is 2.46 bits per heavy atom. The average Bonchev–Trinajstić information content (AvgIpc) is 3.17. The number of benzene rings is 1. The number of nitrogens with zero attached hydrogens (tertiary/aromatic N) is 2. The van der Waals surface area contributed by atoms with Gasteiger partial charge in [-0.05, 0) is 51.3 Å². The number of ether oxygens (including phenoxy) is 1. The normalized spacial score (nSPS) is 13.4. The minimum Gasteiger partial charge on any atom is -0.494 e. The van der Waals surface area contributed by atoms with Gasteiger partial charge >= 0.3 is 0 Å². The molecule has 0 bridgehead atoms. The highest BCUT2D eigenvalue weighted by atomic mass is 16.5. The van der Waals surface area contributed by atoms with Crippen molar-refractivity contribution in [3.05, 3.63) is 47.7 Å². The molecule has 0 fully saturated rings. The van der Waals surface area contributed by atoms with Gasteiger partial charge in [-0.3, -0.25) is 9.69 Å². The molecule has 0 saturated carbocycles. The first-order valence-electron chi connectivity index (χ1n) is 10.2. The Hall–Kier alpha value is -2.34. The van der Waals surface area contributed by atoms with Gasteiger partial charge in [-0.25, -0.2) is 4.98 Å². The van der Waals surface area contributed by atoms with Crippen LogP contribution >= 0.6 is 0 Å². The summed E-state index contributed by atoms with van der Waals surface area (Å²) in [6, 6.07) is 8.63. The van der Waals surface area contributed by atoms with Crippen LogP contribution in [0.4, 0.5) is 0 Å². The number of amides is 1. The van der Waals surface area contributed by atoms with E-state index in [1.807, 2.05) is 32.9 Å². The fourth-order valence-electron chi connectivity index (χ4n) is 2.78. The van der Waals surface area contributed by atoms with Gasteiger partial charge in [0, 0.05) is 18.6 Å². The van der Waals surface area contributed by atoms with E-state index >= 15 is 0 Å². The Morgan fingerprint density at radius 1 is 1.14 bits per heavy atom. The molecule has 1 aromatic heterocycles. The summed E-state index contributed by atoms with van der Waals surface area (Å²) < 4.78 is 11.1. The molecule has 0 aliphatic rings. The summed E-state index contributed by atoms with van der Waals surface area (Å²) in [7, 11) is 0. The molecule has 28 heavy (non-hydrogen) atoms. The zero-order chi connectivity index (χ0) is 20.5. The van der Waals surface area contributed by atoms with Crippen molar-refractivity contribution < 1.29 is 13.9 Å². The molecule has 2 aromatic rings. The molecule has 0 saturated heterocycles. The predicted molar refractivity (Wildman–Crippen MR) is 110 cm³/mol. The molecule has 2 rings (SSSR count). The third-order valence-electron chi connectivity index (χ3n) is 4.95. The number of carbonyl (C=O) groups is 1. The van der Waals surface area contributed by atoms with Crippen LogP contribution in [-0.4, -0.2) is 34.5 Å². The standard InChI is InChI=1S/C22H33N3O3/c1-6-16(4)23-22(26)20-15-28-21(24-20)14-25(17(5)7-2)13-18-9-11-19(12-10-18)27-8-3/h9-12,15-17H,6-8,13-14H2,1-5H3,(H,23,26). The smallest absolute Gasteiger partial charge is 0.273 e. The first-order valence-corrected chi connectivity index (χ1v) is 10.2. The number of aromatic nitrogens is 1. The Kier molecular flexibility index (Phi) is 8.51. The lowest BCUT2D eigenvalue weighted by Gasteiger charge is -2.27. The minimum absolute atomic E-state index is 0.115. The predicted octanol–water partition coefficient (Wildman–Crippen LogP) is 4.40. The van der Waals surface area contributed by atoms with Crippen molar-refractivity contribution in [3.8, 4) is 5.75 Å². The molecule has 154 valence electrons. The molecule has 0 aliphatic carbocycles. The van der Waals surface area contributed by atoms with E-state index in [4.69, 9.17) is 9.15 Å². The number of oxazole rings is 1. The molecule has 0 radical (unpaired) electrons. The zero-order valence-corrected chi connectivity index (χ0v) is 17.7.